The van der Waals surface area contributed by atoms with Crippen LogP contribution in [-0.2, 0) is 17.4 Å². The highest BCUT2D eigenvalue weighted by Gasteiger charge is 2.38. The molecule has 1 saturated heterocycles. The van der Waals surface area contributed by atoms with E-state index in [1.54, 1.807) is 6.07 Å². The molecule has 8 heteroatoms. The van der Waals surface area contributed by atoms with Gasteiger partial charge in [0, 0.05) is 73.2 Å². The molecule has 1 saturated carbocycles. The van der Waals surface area contributed by atoms with Gasteiger partial charge < -0.3 is 14.8 Å². The Bertz CT molecular complexity index is 1290. The molecule has 0 radical (unpaired) electrons. The first-order valence-electron chi connectivity index (χ1n) is 13.9. The van der Waals surface area contributed by atoms with Gasteiger partial charge in [-0.05, 0) is 67.6 Å². The Hall–Kier alpha value is -3.00. The Morgan fingerprint density at radius 2 is 1.71 bits per heavy atom. The van der Waals surface area contributed by atoms with Crippen LogP contribution in [0.2, 0.25) is 0 Å². The fourth-order valence-corrected chi connectivity index (χ4v) is 6.68. The molecule has 1 amide bonds. The van der Waals surface area contributed by atoms with Crippen LogP contribution >= 0.6 is 0 Å². The van der Waals surface area contributed by atoms with Gasteiger partial charge in [0.25, 0.3) is 0 Å². The van der Waals surface area contributed by atoms with Gasteiger partial charge in [-0.25, -0.2) is 0 Å². The highest BCUT2D eigenvalue weighted by Crippen LogP contribution is 2.39. The standard InChI is InChI=1S/C30H35F3N4O/c31-30(32,33)23-10-12-27-22(19-23)9-11-24(37(27)29(38)21-5-2-1-3-6-21)20-35-15-17-36(18-16-35)28-8-4-7-26-25(28)13-14-34-26/h4,7-8,10,12-14,19,21,24,34H,1-3,5-6,9,11,15-18,20H2. The number of rotatable bonds is 4. The first kappa shape index (κ1) is 25.3. The van der Waals surface area contributed by atoms with Crippen LogP contribution in [0.25, 0.3) is 10.9 Å². The van der Waals surface area contributed by atoms with Gasteiger partial charge in [-0.2, -0.15) is 13.2 Å². The number of amides is 1. The minimum atomic E-state index is -4.38. The summed E-state index contributed by atoms with van der Waals surface area (Å²) in [6.45, 7) is 4.34. The molecule has 1 unspecified atom stereocenters. The minimum absolute atomic E-state index is 0.0201. The van der Waals surface area contributed by atoms with Crippen LogP contribution in [0.15, 0.2) is 48.7 Å². The monoisotopic (exact) mass is 524 g/mol. The summed E-state index contributed by atoms with van der Waals surface area (Å²) < 4.78 is 40.3. The number of piperazine rings is 1. The number of nitrogens with one attached hydrogen (secondary N) is 1. The number of benzene rings is 2. The van der Waals surface area contributed by atoms with Crippen LogP contribution < -0.4 is 9.80 Å². The normalized spacial score (nSPS) is 21.6. The zero-order chi connectivity index (χ0) is 26.3. The molecule has 3 aromatic rings. The van der Waals surface area contributed by atoms with Crippen LogP contribution in [-0.4, -0.2) is 54.6 Å². The molecule has 1 atom stereocenters. The van der Waals surface area contributed by atoms with Crippen molar-refractivity contribution >= 4 is 28.2 Å². The van der Waals surface area contributed by atoms with Crippen LogP contribution in [0.3, 0.4) is 0 Å². The second kappa shape index (κ2) is 10.3. The predicted molar refractivity (Wildman–Crippen MR) is 145 cm³/mol. The van der Waals surface area contributed by atoms with E-state index in [9.17, 15) is 18.0 Å². The third kappa shape index (κ3) is 4.91. The van der Waals surface area contributed by atoms with Gasteiger partial charge in [-0.15, -0.1) is 0 Å². The lowest BCUT2D eigenvalue weighted by atomic mass is 9.86. The summed E-state index contributed by atoms with van der Waals surface area (Å²) in [6, 6.07) is 12.4. The molecule has 202 valence electrons. The second-order valence-corrected chi connectivity index (χ2v) is 11.1. The summed E-state index contributed by atoms with van der Waals surface area (Å²) >= 11 is 0. The quantitative estimate of drug-likeness (QED) is 0.440. The Morgan fingerprint density at radius 3 is 2.47 bits per heavy atom. The Balaban J connectivity index is 1.20. The Morgan fingerprint density at radius 1 is 0.921 bits per heavy atom. The van der Waals surface area contributed by atoms with Crippen molar-refractivity contribution in [3.8, 4) is 0 Å². The number of carbonyl (C=O) groups excluding carboxylic acids is 1. The summed E-state index contributed by atoms with van der Waals surface area (Å²) in [5, 5.41) is 1.23. The number of aryl methyl sites for hydroxylation is 1. The smallest absolute Gasteiger partial charge is 0.368 e. The van der Waals surface area contributed by atoms with E-state index in [1.807, 2.05) is 11.1 Å². The van der Waals surface area contributed by atoms with Crippen molar-refractivity contribution in [2.45, 2.75) is 57.2 Å². The Labute approximate surface area is 221 Å². The van der Waals surface area contributed by atoms with Crippen molar-refractivity contribution in [2.75, 3.05) is 42.5 Å². The zero-order valence-electron chi connectivity index (χ0n) is 21.6. The maximum absolute atomic E-state index is 13.9. The first-order valence-corrected chi connectivity index (χ1v) is 13.9. The van der Waals surface area contributed by atoms with E-state index in [1.165, 1.54) is 17.1 Å². The SMILES string of the molecule is O=C(C1CCCCC1)N1c2ccc(C(F)(F)F)cc2CCC1CN1CCN(c2cccc3[nH]ccc23)CC1. The number of nitrogens with zero attached hydrogens (tertiary/aromatic N) is 3. The van der Waals surface area contributed by atoms with Crippen LogP contribution in [0.5, 0.6) is 0 Å². The number of H-pyrrole nitrogens is 1. The van der Waals surface area contributed by atoms with Crippen molar-refractivity contribution in [2.24, 2.45) is 5.92 Å². The molecule has 2 aromatic carbocycles. The van der Waals surface area contributed by atoms with E-state index < -0.39 is 11.7 Å². The van der Waals surface area contributed by atoms with E-state index in [0.29, 0.717) is 24.1 Å². The lowest BCUT2D eigenvalue weighted by molar-refractivity contribution is -0.137. The van der Waals surface area contributed by atoms with Crippen molar-refractivity contribution in [3.05, 3.63) is 59.8 Å². The largest absolute Gasteiger partial charge is 0.416 e. The molecule has 3 heterocycles. The van der Waals surface area contributed by atoms with Crippen molar-refractivity contribution in [1.82, 2.24) is 9.88 Å². The minimum Gasteiger partial charge on any atom is -0.368 e. The third-order valence-electron chi connectivity index (χ3n) is 8.72. The summed E-state index contributed by atoms with van der Waals surface area (Å²) in [6.07, 6.45) is 3.84. The van der Waals surface area contributed by atoms with E-state index in [4.69, 9.17) is 0 Å². The summed E-state index contributed by atoms with van der Waals surface area (Å²) in [7, 11) is 0. The Kier molecular flexibility index (Phi) is 6.84. The number of anilines is 2. The molecule has 1 aliphatic carbocycles. The molecule has 3 aliphatic rings. The number of carbonyl (C=O) groups is 1. The summed E-state index contributed by atoms with van der Waals surface area (Å²) in [5.74, 6) is 0.0753. The van der Waals surface area contributed by atoms with Gasteiger partial charge >= 0.3 is 6.18 Å². The molecule has 2 fully saturated rings. The molecule has 2 aliphatic heterocycles. The van der Waals surface area contributed by atoms with Crippen LogP contribution in [0.1, 0.15) is 49.7 Å². The van der Waals surface area contributed by atoms with E-state index >= 15 is 0 Å². The third-order valence-corrected chi connectivity index (χ3v) is 8.72. The van der Waals surface area contributed by atoms with Crippen molar-refractivity contribution in [1.29, 1.82) is 0 Å². The topological polar surface area (TPSA) is 42.6 Å². The first-order chi connectivity index (χ1) is 18.4. The number of halogens is 3. The number of aromatic nitrogens is 1. The summed E-state index contributed by atoms with van der Waals surface area (Å²) in [4.78, 5) is 23.9. The maximum Gasteiger partial charge on any atom is 0.416 e. The fraction of sp³-hybridized carbons (Fsp3) is 0.500. The van der Waals surface area contributed by atoms with Crippen molar-refractivity contribution < 1.29 is 18.0 Å². The van der Waals surface area contributed by atoms with E-state index in [-0.39, 0.29) is 17.9 Å². The van der Waals surface area contributed by atoms with Gasteiger partial charge in [0.05, 0.1) is 5.56 Å². The molecule has 0 spiro atoms. The predicted octanol–water partition coefficient (Wildman–Crippen LogP) is 6.24. The number of hydrogen-bond donors (Lipinski definition) is 1. The van der Waals surface area contributed by atoms with Crippen molar-refractivity contribution in [3.63, 3.8) is 0 Å². The van der Waals surface area contributed by atoms with E-state index in [0.717, 1.165) is 76.4 Å². The molecule has 0 bridgehead atoms. The average Bonchev–Trinajstić information content (AvgIpc) is 3.42. The molecule has 38 heavy (non-hydrogen) atoms. The van der Waals surface area contributed by atoms with E-state index in [2.05, 4.69) is 39.0 Å². The average molecular weight is 525 g/mol. The van der Waals surface area contributed by atoms with Gasteiger partial charge in [-0.1, -0.05) is 25.3 Å². The summed E-state index contributed by atoms with van der Waals surface area (Å²) in [5.41, 5.74) is 3.07. The van der Waals surface area contributed by atoms with Crippen LogP contribution in [0, 0.1) is 5.92 Å². The second-order valence-electron chi connectivity index (χ2n) is 11.1. The number of alkyl halides is 3. The van der Waals surface area contributed by atoms with Crippen LogP contribution in [0.4, 0.5) is 24.5 Å². The molecule has 6 rings (SSSR count). The molecular weight excluding hydrogens is 489 g/mol. The van der Waals surface area contributed by atoms with Gasteiger partial charge in [-0.3, -0.25) is 9.69 Å². The van der Waals surface area contributed by atoms with Gasteiger partial charge in [0.15, 0.2) is 0 Å². The molecule has 1 N–H and O–H groups in total. The number of aromatic amines is 1. The zero-order valence-corrected chi connectivity index (χ0v) is 21.6. The molecule has 5 nitrogen and oxygen atoms in total. The fourth-order valence-electron chi connectivity index (χ4n) is 6.68. The lowest BCUT2D eigenvalue weighted by Gasteiger charge is -2.44. The lowest BCUT2D eigenvalue weighted by Crippen LogP contribution is -2.55. The van der Waals surface area contributed by atoms with Gasteiger partial charge in [0.1, 0.15) is 0 Å². The maximum atomic E-state index is 13.9. The highest BCUT2D eigenvalue weighted by atomic mass is 19.4. The highest BCUT2D eigenvalue weighted by molar-refractivity contribution is 5.97. The number of fused-ring (bicyclic) bond motifs is 2. The molecule has 1 aromatic heterocycles. The molecular formula is C30H35F3N4O. The van der Waals surface area contributed by atoms with Gasteiger partial charge in [0.2, 0.25) is 5.91 Å². The number of hydrogen-bond acceptors (Lipinski definition) is 3.